The quantitative estimate of drug-likeness (QED) is 0.285. The number of halogens is 1. The molecule has 3 aromatic carbocycles. The van der Waals surface area contributed by atoms with Gasteiger partial charge in [0.2, 0.25) is 5.91 Å². The smallest absolute Gasteiger partial charge is 0.266 e. The SMILES string of the molecule is CCCCOc1ccc([C@@H]2[C@H]3C(=O)N(c4ccccc4F)C(=O)[C@H]3ON2c2ccccc2)cc1OCC. The van der Waals surface area contributed by atoms with Gasteiger partial charge in [-0.1, -0.05) is 49.7 Å². The van der Waals surface area contributed by atoms with Crippen LogP contribution in [0, 0.1) is 11.7 Å². The molecule has 7 nitrogen and oxygen atoms in total. The zero-order valence-electron chi connectivity index (χ0n) is 20.8. The molecule has 0 bridgehead atoms. The van der Waals surface area contributed by atoms with E-state index >= 15 is 0 Å². The maximum absolute atomic E-state index is 14.6. The van der Waals surface area contributed by atoms with Gasteiger partial charge in [0.15, 0.2) is 17.6 Å². The predicted octanol–water partition coefficient (Wildman–Crippen LogP) is 5.45. The summed E-state index contributed by atoms with van der Waals surface area (Å²) < 4.78 is 26.4. The average molecular weight is 505 g/mol. The van der Waals surface area contributed by atoms with E-state index in [1.54, 1.807) is 11.1 Å². The number of ether oxygens (including phenoxy) is 2. The van der Waals surface area contributed by atoms with Crippen molar-refractivity contribution in [2.75, 3.05) is 23.2 Å². The summed E-state index contributed by atoms with van der Waals surface area (Å²) in [4.78, 5) is 34.2. The number of amides is 2. The minimum Gasteiger partial charge on any atom is -0.490 e. The number of rotatable bonds is 9. The fourth-order valence-corrected chi connectivity index (χ4v) is 4.85. The number of fused-ring (bicyclic) bond motifs is 1. The Kier molecular flexibility index (Phi) is 7.10. The summed E-state index contributed by atoms with van der Waals surface area (Å²) in [5.74, 6) is -1.46. The lowest BCUT2D eigenvalue weighted by atomic mass is 9.90. The first-order valence-electron chi connectivity index (χ1n) is 12.6. The van der Waals surface area contributed by atoms with Gasteiger partial charge >= 0.3 is 0 Å². The van der Waals surface area contributed by atoms with Crippen molar-refractivity contribution in [3.05, 3.63) is 84.2 Å². The van der Waals surface area contributed by atoms with Crippen molar-refractivity contribution >= 4 is 23.2 Å². The third-order valence-electron chi connectivity index (χ3n) is 6.58. The van der Waals surface area contributed by atoms with Crippen LogP contribution in [0.5, 0.6) is 11.5 Å². The van der Waals surface area contributed by atoms with Crippen LogP contribution in [-0.4, -0.2) is 31.1 Å². The maximum atomic E-state index is 14.6. The van der Waals surface area contributed by atoms with Crippen LogP contribution in [0.1, 0.15) is 38.3 Å². The average Bonchev–Trinajstić information content (AvgIpc) is 3.42. The second-order valence-electron chi connectivity index (χ2n) is 8.96. The van der Waals surface area contributed by atoms with E-state index in [1.807, 2.05) is 55.5 Å². The Morgan fingerprint density at radius 1 is 0.892 bits per heavy atom. The summed E-state index contributed by atoms with van der Waals surface area (Å²) in [5.41, 5.74) is 1.34. The summed E-state index contributed by atoms with van der Waals surface area (Å²) in [7, 11) is 0. The monoisotopic (exact) mass is 504 g/mol. The van der Waals surface area contributed by atoms with E-state index in [2.05, 4.69) is 6.92 Å². The van der Waals surface area contributed by atoms with Crippen molar-refractivity contribution in [1.82, 2.24) is 0 Å². The van der Waals surface area contributed by atoms with Gasteiger partial charge in [-0.05, 0) is 55.3 Å². The van der Waals surface area contributed by atoms with Gasteiger partial charge < -0.3 is 9.47 Å². The summed E-state index contributed by atoms with van der Waals surface area (Å²) in [6, 6.07) is 19.9. The first-order valence-corrected chi connectivity index (χ1v) is 12.6. The second kappa shape index (κ2) is 10.6. The minimum absolute atomic E-state index is 0.0739. The first kappa shape index (κ1) is 24.8. The van der Waals surface area contributed by atoms with Crippen LogP contribution in [-0.2, 0) is 14.4 Å². The summed E-state index contributed by atoms with van der Waals surface area (Å²) in [6.45, 7) is 4.98. The van der Waals surface area contributed by atoms with Crippen LogP contribution >= 0.6 is 0 Å². The fourth-order valence-electron chi connectivity index (χ4n) is 4.85. The molecule has 2 aliphatic heterocycles. The number of anilines is 2. The van der Waals surface area contributed by atoms with Gasteiger partial charge in [-0.3, -0.25) is 14.4 Å². The molecule has 0 spiro atoms. The highest BCUT2D eigenvalue weighted by atomic mass is 19.1. The molecule has 0 unspecified atom stereocenters. The normalized spacial score (nSPS) is 20.9. The number of hydroxylamine groups is 1. The number of imide groups is 1. The number of carbonyl (C=O) groups is 2. The van der Waals surface area contributed by atoms with Crippen LogP contribution in [0.4, 0.5) is 15.8 Å². The molecule has 8 heteroatoms. The Morgan fingerprint density at radius 2 is 1.65 bits per heavy atom. The van der Waals surface area contributed by atoms with Crippen LogP contribution in [0.25, 0.3) is 0 Å². The molecule has 0 N–H and O–H groups in total. The number of benzene rings is 3. The van der Waals surface area contributed by atoms with Gasteiger partial charge in [-0.25, -0.2) is 14.4 Å². The van der Waals surface area contributed by atoms with Gasteiger partial charge in [-0.2, -0.15) is 0 Å². The molecular formula is C29H29FN2O5. The summed E-state index contributed by atoms with van der Waals surface area (Å²) in [5, 5.41) is 1.60. The molecule has 5 rings (SSSR count). The van der Waals surface area contributed by atoms with Crippen molar-refractivity contribution < 1.29 is 28.3 Å². The lowest BCUT2D eigenvalue weighted by Crippen LogP contribution is -2.37. The molecule has 2 saturated heterocycles. The van der Waals surface area contributed by atoms with E-state index < -0.39 is 35.7 Å². The van der Waals surface area contributed by atoms with Gasteiger partial charge in [0.05, 0.1) is 30.6 Å². The van der Waals surface area contributed by atoms with Crippen LogP contribution in [0.2, 0.25) is 0 Å². The molecule has 0 aromatic heterocycles. The number of hydrogen-bond donors (Lipinski definition) is 0. The van der Waals surface area contributed by atoms with Crippen LogP contribution < -0.4 is 19.4 Å². The Labute approximate surface area is 215 Å². The van der Waals surface area contributed by atoms with E-state index in [1.165, 1.54) is 18.2 Å². The van der Waals surface area contributed by atoms with Gasteiger partial charge in [0.1, 0.15) is 11.7 Å². The van der Waals surface area contributed by atoms with Crippen molar-refractivity contribution in [1.29, 1.82) is 0 Å². The number of para-hydroxylation sites is 2. The number of carbonyl (C=O) groups excluding carboxylic acids is 2. The van der Waals surface area contributed by atoms with E-state index in [0.29, 0.717) is 30.4 Å². The lowest BCUT2D eigenvalue weighted by molar-refractivity contribution is -0.126. The number of hydrogen-bond acceptors (Lipinski definition) is 6. The topological polar surface area (TPSA) is 68.3 Å². The van der Waals surface area contributed by atoms with E-state index in [4.69, 9.17) is 14.3 Å². The Morgan fingerprint density at radius 3 is 2.38 bits per heavy atom. The second-order valence-corrected chi connectivity index (χ2v) is 8.96. The molecule has 0 aliphatic carbocycles. The molecule has 3 aromatic rings. The Hall–Kier alpha value is -3.91. The van der Waals surface area contributed by atoms with Crippen molar-refractivity contribution in [2.24, 2.45) is 5.92 Å². The van der Waals surface area contributed by atoms with Crippen molar-refractivity contribution in [3.8, 4) is 11.5 Å². The van der Waals surface area contributed by atoms with E-state index in [9.17, 15) is 14.0 Å². The molecule has 3 atom stereocenters. The van der Waals surface area contributed by atoms with Gasteiger partial charge in [0.25, 0.3) is 5.91 Å². The molecule has 2 heterocycles. The van der Waals surface area contributed by atoms with Crippen molar-refractivity contribution in [2.45, 2.75) is 38.8 Å². The largest absolute Gasteiger partial charge is 0.490 e. The highest BCUT2D eigenvalue weighted by molar-refractivity contribution is 6.24. The predicted molar refractivity (Wildman–Crippen MR) is 137 cm³/mol. The molecule has 0 saturated carbocycles. The maximum Gasteiger partial charge on any atom is 0.266 e. The fraction of sp³-hybridized carbons (Fsp3) is 0.310. The van der Waals surface area contributed by atoms with Gasteiger partial charge in [0, 0.05) is 0 Å². The zero-order chi connectivity index (χ0) is 25.9. The Balaban J connectivity index is 1.56. The van der Waals surface area contributed by atoms with E-state index in [0.717, 1.165) is 23.3 Å². The standard InChI is InChI=1S/C29H29FN2O5/c1-3-5-17-36-23-16-15-19(18-24(23)35-4-2)26-25-27(37-32(26)20-11-7-6-8-12-20)29(34)31(28(25)33)22-14-10-9-13-21(22)30/h6-16,18,25-27H,3-5,17H2,1-2H3/t25-,26-,27+/m1/s1. The molecule has 2 fully saturated rings. The third-order valence-corrected chi connectivity index (χ3v) is 6.58. The zero-order valence-corrected chi connectivity index (χ0v) is 20.8. The summed E-state index contributed by atoms with van der Waals surface area (Å²) in [6.07, 6.45) is 0.830. The highest BCUT2D eigenvalue weighted by Crippen LogP contribution is 2.49. The van der Waals surface area contributed by atoms with Gasteiger partial charge in [-0.15, -0.1) is 0 Å². The van der Waals surface area contributed by atoms with Crippen molar-refractivity contribution in [3.63, 3.8) is 0 Å². The molecule has 2 amide bonds. The molecule has 0 radical (unpaired) electrons. The highest BCUT2D eigenvalue weighted by Gasteiger charge is 2.60. The third kappa shape index (κ3) is 4.53. The molecule has 192 valence electrons. The minimum atomic E-state index is -1.09. The first-order chi connectivity index (χ1) is 18.0. The Bertz CT molecular complexity index is 1280. The number of unbranched alkanes of at least 4 members (excludes halogenated alkanes) is 1. The summed E-state index contributed by atoms with van der Waals surface area (Å²) >= 11 is 0. The lowest BCUT2D eigenvalue weighted by Gasteiger charge is -2.29. The molecule has 37 heavy (non-hydrogen) atoms. The van der Waals surface area contributed by atoms with Crippen LogP contribution in [0.3, 0.4) is 0 Å². The van der Waals surface area contributed by atoms with E-state index in [-0.39, 0.29) is 5.69 Å². The molecular weight excluding hydrogens is 475 g/mol. The number of nitrogens with zero attached hydrogens (tertiary/aromatic N) is 2. The molecule has 2 aliphatic rings. The van der Waals surface area contributed by atoms with Crippen LogP contribution in [0.15, 0.2) is 72.8 Å².